The molecule has 1 aromatic rings. The van der Waals surface area contributed by atoms with E-state index in [2.05, 4.69) is 25.6 Å². The summed E-state index contributed by atoms with van der Waals surface area (Å²) in [5, 5.41) is 8.75. The SMILES string of the molecule is C=C(O)OCC(C)Cc1ccccc1. The zero-order chi connectivity index (χ0) is 10.4. The van der Waals surface area contributed by atoms with Crippen LogP contribution in [0.5, 0.6) is 0 Å². The van der Waals surface area contributed by atoms with Crippen LogP contribution in [-0.2, 0) is 11.2 Å². The first kappa shape index (κ1) is 10.6. The Labute approximate surface area is 84.8 Å². The molecule has 1 aromatic carbocycles. The molecule has 0 aliphatic heterocycles. The number of aliphatic hydroxyl groups excluding tert-OH is 1. The van der Waals surface area contributed by atoms with Crippen molar-refractivity contribution in [1.29, 1.82) is 0 Å². The van der Waals surface area contributed by atoms with E-state index in [9.17, 15) is 0 Å². The first-order valence-corrected chi connectivity index (χ1v) is 4.73. The molecular weight excluding hydrogens is 176 g/mol. The van der Waals surface area contributed by atoms with Crippen LogP contribution in [0.25, 0.3) is 0 Å². The Morgan fingerprint density at radius 3 is 2.64 bits per heavy atom. The van der Waals surface area contributed by atoms with Crippen molar-refractivity contribution in [3.05, 3.63) is 48.4 Å². The molecule has 76 valence electrons. The number of aliphatic hydroxyl groups is 1. The van der Waals surface area contributed by atoms with Crippen molar-refractivity contribution in [2.45, 2.75) is 13.3 Å². The lowest BCUT2D eigenvalue weighted by Crippen LogP contribution is -2.08. The van der Waals surface area contributed by atoms with Crippen LogP contribution in [-0.4, -0.2) is 11.7 Å². The quantitative estimate of drug-likeness (QED) is 0.727. The third kappa shape index (κ3) is 3.99. The van der Waals surface area contributed by atoms with E-state index in [0.29, 0.717) is 12.5 Å². The van der Waals surface area contributed by atoms with E-state index in [4.69, 9.17) is 9.84 Å². The van der Waals surface area contributed by atoms with Gasteiger partial charge in [-0.2, -0.15) is 0 Å². The Morgan fingerprint density at radius 2 is 2.07 bits per heavy atom. The number of hydrogen-bond donors (Lipinski definition) is 1. The molecule has 0 radical (unpaired) electrons. The molecular formula is C12H16O2. The molecule has 0 amide bonds. The van der Waals surface area contributed by atoms with Crippen molar-refractivity contribution in [2.24, 2.45) is 5.92 Å². The first-order valence-electron chi connectivity index (χ1n) is 4.73. The normalized spacial score (nSPS) is 12.1. The first-order chi connectivity index (χ1) is 6.68. The highest BCUT2D eigenvalue weighted by atomic mass is 16.6. The summed E-state index contributed by atoms with van der Waals surface area (Å²) < 4.78 is 4.94. The standard InChI is InChI=1S/C12H16O2/c1-10(9-14-11(2)13)8-12-6-4-3-5-7-12/h3-7,10,13H,2,8-9H2,1H3. The summed E-state index contributed by atoms with van der Waals surface area (Å²) in [6.07, 6.45) is 0.952. The van der Waals surface area contributed by atoms with Gasteiger partial charge in [-0.1, -0.05) is 37.3 Å². The summed E-state index contributed by atoms with van der Waals surface area (Å²) in [6.45, 7) is 5.85. The third-order valence-electron chi connectivity index (χ3n) is 1.96. The average Bonchev–Trinajstić information content (AvgIpc) is 2.16. The summed E-state index contributed by atoms with van der Waals surface area (Å²) in [7, 11) is 0. The average molecular weight is 192 g/mol. The zero-order valence-corrected chi connectivity index (χ0v) is 8.44. The van der Waals surface area contributed by atoms with Crippen LogP contribution in [0.1, 0.15) is 12.5 Å². The monoisotopic (exact) mass is 192 g/mol. The van der Waals surface area contributed by atoms with Gasteiger partial charge in [0.2, 0.25) is 0 Å². The summed E-state index contributed by atoms with van der Waals surface area (Å²) >= 11 is 0. The van der Waals surface area contributed by atoms with Gasteiger partial charge in [-0.05, 0) is 24.5 Å². The van der Waals surface area contributed by atoms with Gasteiger partial charge in [-0.25, -0.2) is 0 Å². The molecule has 1 unspecified atom stereocenters. The van der Waals surface area contributed by atoms with E-state index in [1.54, 1.807) is 0 Å². The lowest BCUT2D eigenvalue weighted by atomic mass is 10.0. The van der Waals surface area contributed by atoms with Crippen LogP contribution in [0, 0.1) is 5.92 Å². The Kier molecular flexibility index (Phi) is 4.05. The molecule has 0 aliphatic rings. The molecule has 0 aliphatic carbocycles. The summed E-state index contributed by atoms with van der Waals surface area (Å²) in [6, 6.07) is 10.2. The fraction of sp³-hybridized carbons (Fsp3) is 0.333. The van der Waals surface area contributed by atoms with E-state index in [1.807, 2.05) is 18.2 Å². The van der Waals surface area contributed by atoms with Crippen molar-refractivity contribution in [3.63, 3.8) is 0 Å². The number of ether oxygens (including phenoxy) is 1. The lowest BCUT2D eigenvalue weighted by Gasteiger charge is -2.11. The molecule has 1 rings (SSSR count). The molecule has 0 spiro atoms. The zero-order valence-electron chi connectivity index (χ0n) is 8.44. The van der Waals surface area contributed by atoms with Crippen molar-refractivity contribution in [3.8, 4) is 0 Å². The van der Waals surface area contributed by atoms with Crippen LogP contribution in [0.3, 0.4) is 0 Å². The highest BCUT2D eigenvalue weighted by Gasteiger charge is 2.04. The lowest BCUT2D eigenvalue weighted by molar-refractivity contribution is 0.0749. The molecule has 0 fully saturated rings. The summed E-state index contributed by atoms with van der Waals surface area (Å²) in [5.41, 5.74) is 1.28. The van der Waals surface area contributed by atoms with Gasteiger partial charge < -0.3 is 9.84 Å². The minimum Gasteiger partial charge on any atom is -0.481 e. The molecule has 2 heteroatoms. The molecule has 1 N–H and O–H groups in total. The van der Waals surface area contributed by atoms with Gasteiger partial charge in [0, 0.05) is 0 Å². The van der Waals surface area contributed by atoms with Gasteiger partial charge >= 0.3 is 0 Å². The topological polar surface area (TPSA) is 29.5 Å². The summed E-state index contributed by atoms with van der Waals surface area (Å²) in [4.78, 5) is 0. The van der Waals surface area contributed by atoms with Gasteiger partial charge in [0.15, 0.2) is 0 Å². The van der Waals surface area contributed by atoms with Crippen LogP contribution in [0.2, 0.25) is 0 Å². The second-order valence-corrected chi connectivity index (χ2v) is 3.50. The van der Waals surface area contributed by atoms with Crippen molar-refractivity contribution in [1.82, 2.24) is 0 Å². The Morgan fingerprint density at radius 1 is 1.43 bits per heavy atom. The van der Waals surface area contributed by atoms with E-state index in [-0.39, 0.29) is 5.95 Å². The Hall–Kier alpha value is -1.44. The minimum atomic E-state index is -0.204. The van der Waals surface area contributed by atoms with Gasteiger partial charge in [-0.3, -0.25) is 0 Å². The van der Waals surface area contributed by atoms with Gasteiger partial charge in [0.25, 0.3) is 5.95 Å². The fourth-order valence-electron chi connectivity index (χ4n) is 1.31. The highest BCUT2D eigenvalue weighted by Crippen LogP contribution is 2.09. The van der Waals surface area contributed by atoms with Gasteiger partial charge in [-0.15, -0.1) is 0 Å². The molecule has 2 nitrogen and oxygen atoms in total. The molecule has 1 atom stereocenters. The predicted octanol–water partition coefficient (Wildman–Crippen LogP) is 2.91. The number of hydrogen-bond acceptors (Lipinski definition) is 2. The van der Waals surface area contributed by atoms with Gasteiger partial charge in [0.05, 0.1) is 6.61 Å². The Balaban J connectivity index is 2.34. The predicted molar refractivity (Wildman–Crippen MR) is 57.0 cm³/mol. The maximum absolute atomic E-state index is 8.75. The smallest absolute Gasteiger partial charge is 0.269 e. The Bertz CT molecular complexity index is 280. The van der Waals surface area contributed by atoms with Crippen molar-refractivity contribution < 1.29 is 9.84 Å². The third-order valence-corrected chi connectivity index (χ3v) is 1.96. The van der Waals surface area contributed by atoms with Crippen LogP contribution < -0.4 is 0 Å². The second kappa shape index (κ2) is 5.32. The van der Waals surface area contributed by atoms with E-state index >= 15 is 0 Å². The second-order valence-electron chi connectivity index (χ2n) is 3.50. The number of benzene rings is 1. The maximum atomic E-state index is 8.75. The molecule has 0 saturated heterocycles. The van der Waals surface area contributed by atoms with Crippen LogP contribution in [0.4, 0.5) is 0 Å². The molecule has 0 bridgehead atoms. The number of rotatable bonds is 5. The van der Waals surface area contributed by atoms with Crippen molar-refractivity contribution >= 4 is 0 Å². The maximum Gasteiger partial charge on any atom is 0.269 e. The van der Waals surface area contributed by atoms with E-state index in [0.717, 1.165) is 6.42 Å². The van der Waals surface area contributed by atoms with Crippen molar-refractivity contribution in [2.75, 3.05) is 6.61 Å². The van der Waals surface area contributed by atoms with Crippen LogP contribution >= 0.6 is 0 Å². The highest BCUT2D eigenvalue weighted by molar-refractivity contribution is 5.15. The molecule has 0 heterocycles. The molecule has 0 aromatic heterocycles. The fourth-order valence-corrected chi connectivity index (χ4v) is 1.31. The molecule has 0 saturated carbocycles. The van der Waals surface area contributed by atoms with Gasteiger partial charge in [0.1, 0.15) is 0 Å². The van der Waals surface area contributed by atoms with E-state index in [1.165, 1.54) is 5.56 Å². The van der Waals surface area contributed by atoms with E-state index < -0.39 is 0 Å². The minimum absolute atomic E-state index is 0.204. The largest absolute Gasteiger partial charge is 0.481 e. The molecule has 14 heavy (non-hydrogen) atoms. The summed E-state index contributed by atoms with van der Waals surface area (Å²) in [5.74, 6) is 0.172. The van der Waals surface area contributed by atoms with Crippen LogP contribution in [0.15, 0.2) is 42.9 Å².